The van der Waals surface area contributed by atoms with Gasteiger partial charge in [0, 0.05) is 37.8 Å². The average molecular weight is 413 g/mol. The molecule has 1 aliphatic heterocycles. The van der Waals surface area contributed by atoms with Crippen LogP contribution in [0.4, 0.5) is 4.39 Å². The van der Waals surface area contributed by atoms with Crippen LogP contribution in [0.2, 0.25) is 0 Å². The average Bonchev–Trinajstić information content (AvgIpc) is 3.18. The van der Waals surface area contributed by atoms with Crippen LogP contribution in [0.3, 0.4) is 0 Å². The summed E-state index contributed by atoms with van der Waals surface area (Å²) in [5.41, 5.74) is 5.07. The summed E-state index contributed by atoms with van der Waals surface area (Å²) in [6, 6.07) is 8.21. The number of aromatic nitrogens is 2. The van der Waals surface area contributed by atoms with Crippen molar-refractivity contribution in [2.75, 3.05) is 13.2 Å². The number of nitrogens with zero attached hydrogens (tertiary/aromatic N) is 2. The number of ether oxygens (including phenoxy) is 1. The SMILES string of the molecule is O=C(NOC1CCCCO1)c1ncc2c(ccn2Cc2ccc(F)cc2)c1CCO. The Bertz CT molecular complexity index is 1010. The molecule has 8 heteroatoms. The number of pyridine rings is 1. The van der Waals surface area contributed by atoms with Gasteiger partial charge in [0.15, 0.2) is 6.29 Å². The molecule has 0 bridgehead atoms. The summed E-state index contributed by atoms with van der Waals surface area (Å²) < 4.78 is 20.6. The van der Waals surface area contributed by atoms with E-state index in [2.05, 4.69) is 10.5 Å². The molecule has 4 rings (SSSR count). The van der Waals surface area contributed by atoms with Gasteiger partial charge in [-0.3, -0.25) is 4.79 Å². The zero-order valence-electron chi connectivity index (χ0n) is 16.5. The van der Waals surface area contributed by atoms with Gasteiger partial charge in [0.05, 0.1) is 11.7 Å². The molecule has 0 saturated carbocycles. The molecular formula is C22H24FN3O4. The summed E-state index contributed by atoms with van der Waals surface area (Å²) in [5, 5.41) is 10.4. The fourth-order valence-corrected chi connectivity index (χ4v) is 3.67. The first-order chi connectivity index (χ1) is 14.7. The molecule has 1 fully saturated rings. The monoisotopic (exact) mass is 413 g/mol. The molecule has 0 spiro atoms. The summed E-state index contributed by atoms with van der Waals surface area (Å²) in [6.45, 7) is 1.04. The van der Waals surface area contributed by atoms with Crippen molar-refractivity contribution >= 4 is 16.8 Å². The Kier molecular flexibility index (Phi) is 6.37. The third-order valence-electron chi connectivity index (χ3n) is 5.20. The van der Waals surface area contributed by atoms with E-state index in [0.717, 1.165) is 35.7 Å². The number of fused-ring (bicyclic) bond motifs is 1. The van der Waals surface area contributed by atoms with Gasteiger partial charge in [-0.15, -0.1) is 0 Å². The van der Waals surface area contributed by atoms with Crippen molar-refractivity contribution in [1.29, 1.82) is 0 Å². The molecular weight excluding hydrogens is 389 g/mol. The van der Waals surface area contributed by atoms with Gasteiger partial charge in [0.2, 0.25) is 0 Å². The number of hydrogen-bond donors (Lipinski definition) is 2. The van der Waals surface area contributed by atoms with Crippen molar-refractivity contribution < 1.29 is 23.9 Å². The Labute approximate surface area is 173 Å². The van der Waals surface area contributed by atoms with Crippen LogP contribution in [-0.2, 0) is 22.5 Å². The van der Waals surface area contributed by atoms with Crippen LogP contribution in [0.25, 0.3) is 10.9 Å². The third-order valence-corrected chi connectivity index (χ3v) is 5.20. The summed E-state index contributed by atoms with van der Waals surface area (Å²) in [7, 11) is 0. The van der Waals surface area contributed by atoms with Crippen molar-refractivity contribution in [2.45, 2.75) is 38.5 Å². The molecule has 158 valence electrons. The molecule has 1 amide bonds. The number of halogens is 1. The number of aliphatic hydroxyl groups excluding tert-OH is 1. The van der Waals surface area contributed by atoms with Crippen molar-refractivity contribution in [3.63, 3.8) is 0 Å². The van der Waals surface area contributed by atoms with Gasteiger partial charge >= 0.3 is 0 Å². The van der Waals surface area contributed by atoms with Gasteiger partial charge in [-0.2, -0.15) is 0 Å². The maximum atomic E-state index is 13.2. The summed E-state index contributed by atoms with van der Waals surface area (Å²) in [5.74, 6) is -0.750. The number of nitrogens with one attached hydrogen (secondary N) is 1. The second-order valence-corrected chi connectivity index (χ2v) is 7.27. The van der Waals surface area contributed by atoms with Gasteiger partial charge < -0.3 is 14.4 Å². The van der Waals surface area contributed by atoms with Gasteiger partial charge in [0.1, 0.15) is 11.5 Å². The maximum absolute atomic E-state index is 13.2. The molecule has 3 heterocycles. The second kappa shape index (κ2) is 9.34. The Hall–Kier alpha value is -2.81. The molecule has 1 aliphatic rings. The minimum Gasteiger partial charge on any atom is -0.396 e. The first-order valence-electron chi connectivity index (χ1n) is 10.1. The van der Waals surface area contributed by atoms with E-state index < -0.39 is 12.2 Å². The van der Waals surface area contributed by atoms with Gasteiger partial charge in [0.25, 0.3) is 5.91 Å². The highest BCUT2D eigenvalue weighted by Crippen LogP contribution is 2.24. The molecule has 0 radical (unpaired) electrons. The molecule has 2 aromatic heterocycles. The second-order valence-electron chi connectivity index (χ2n) is 7.27. The van der Waals surface area contributed by atoms with Crippen LogP contribution in [0, 0.1) is 5.82 Å². The third kappa shape index (κ3) is 4.51. The zero-order valence-corrected chi connectivity index (χ0v) is 16.5. The van der Waals surface area contributed by atoms with E-state index in [-0.39, 0.29) is 24.5 Å². The van der Waals surface area contributed by atoms with Gasteiger partial charge in [-0.1, -0.05) is 12.1 Å². The van der Waals surface area contributed by atoms with E-state index in [4.69, 9.17) is 9.57 Å². The molecule has 1 aromatic carbocycles. The Morgan fingerprint density at radius 2 is 2.13 bits per heavy atom. The summed E-state index contributed by atoms with van der Waals surface area (Å²) >= 11 is 0. The fraction of sp³-hybridized carbons (Fsp3) is 0.364. The first-order valence-corrected chi connectivity index (χ1v) is 10.1. The summed E-state index contributed by atoms with van der Waals surface area (Å²) in [6.07, 6.45) is 6.06. The quantitative estimate of drug-likeness (QED) is 0.582. The summed E-state index contributed by atoms with van der Waals surface area (Å²) in [4.78, 5) is 22.4. The van der Waals surface area contributed by atoms with E-state index in [0.29, 0.717) is 18.7 Å². The van der Waals surface area contributed by atoms with Crippen LogP contribution in [0.15, 0.2) is 42.7 Å². The van der Waals surface area contributed by atoms with Crippen molar-refractivity contribution in [3.05, 3.63) is 65.4 Å². The Morgan fingerprint density at radius 1 is 1.30 bits per heavy atom. The standard InChI is InChI=1S/C22H24FN3O4/c23-16-6-4-15(5-7-16)14-26-10-8-17-18(9-11-27)21(24-13-19(17)26)22(28)25-30-20-3-1-2-12-29-20/h4-8,10,13,20,27H,1-3,9,11-12,14H2,(H,25,28). The predicted molar refractivity (Wildman–Crippen MR) is 108 cm³/mol. The minimum absolute atomic E-state index is 0.114. The van der Waals surface area contributed by atoms with Crippen LogP contribution in [0.5, 0.6) is 0 Å². The van der Waals surface area contributed by atoms with E-state index in [1.807, 2.05) is 16.8 Å². The number of carbonyl (C=O) groups excluding carboxylic acids is 1. The number of hydroxylamine groups is 1. The predicted octanol–water partition coefficient (Wildman–Crippen LogP) is 2.95. The molecule has 1 unspecified atom stereocenters. The molecule has 3 aromatic rings. The van der Waals surface area contributed by atoms with E-state index >= 15 is 0 Å². The highest BCUT2D eigenvalue weighted by Gasteiger charge is 2.21. The number of hydrogen-bond acceptors (Lipinski definition) is 5. The number of amides is 1. The normalized spacial score (nSPS) is 16.7. The fourth-order valence-electron chi connectivity index (χ4n) is 3.67. The molecule has 2 N–H and O–H groups in total. The smallest absolute Gasteiger partial charge is 0.293 e. The molecule has 1 atom stereocenters. The van der Waals surface area contributed by atoms with Gasteiger partial charge in [-0.05, 0) is 48.6 Å². The lowest BCUT2D eigenvalue weighted by atomic mass is 10.1. The number of carbonyl (C=O) groups is 1. The Balaban J connectivity index is 1.57. The van der Waals surface area contributed by atoms with Crippen molar-refractivity contribution in [3.8, 4) is 0 Å². The Morgan fingerprint density at radius 3 is 2.87 bits per heavy atom. The molecule has 7 nitrogen and oxygen atoms in total. The van der Waals surface area contributed by atoms with Crippen LogP contribution < -0.4 is 5.48 Å². The molecule has 1 saturated heterocycles. The van der Waals surface area contributed by atoms with Crippen LogP contribution in [-0.4, -0.2) is 40.1 Å². The zero-order chi connectivity index (χ0) is 20.9. The largest absolute Gasteiger partial charge is 0.396 e. The number of aliphatic hydroxyl groups is 1. The van der Waals surface area contributed by atoms with Crippen molar-refractivity contribution in [1.82, 2.24) is 15.0 Å². The highest BCUT2D eigenvalue weighted by molar-refractivity contribution is 5.98. The molecule has 0 aliphatic carbocycles. The van der Waals surface area contributed by atoms with Crippen LogP contribution in [0.1, 0.15) is 40.9 Å². The van der Waals surface area contributed by atoms with E-state index in [1.54, 1.807) is 18.3 Å². The minimum atomic E-state index is -0.471. The highest BCUT2D eigenvalue weighted by atomic mass is 19.1. The van der Waals surface area contributed by atoms with E-state index in [1.165, 1.54) is 12.1 Å². The first kappa shape index (κ1) is 20.5. The molecule has 30 heavy (non-hydrogen) atoms. The number of benzene rings is 1. The lowest BCUT2D eigenvalue weighted by Crippen LogP contribution is -2.34. The van der Waals surface area contributed by atoms with Crippen molar-refractivity contribution in [2.24, 2.45) is 0 Å². The van der Waals surface area contributed by atoms with E-state index in [9.17, 15) is 14.3 Å². The number of rotatable bonds is 7. The van der Waals surface area contributed by atoms with Gasteiger partial charge in [-0.25, -0.2) is 19.7 Å². The lowest BCUT2D eigenvalue weighted by Gasteiger charge is -2.22. The lowest BCUT2D eigenvalue weighted by molar-refractivity contribution is -0.186. The topological polar surface area (TPSA) is 85.6 Å². The van der Waals surface area contributed by atoms with Crippen LogP contribution >= 0.6 is 0 Å². The maximum Gasteiger partial charge on any atom is 0.293 e.